The van der Waals surface area contributed by atoms with Crippen LogP contribution < -0.4 is 0 Å². The Balaban J connectivity index is 2.00. The summed E-state index contributed by atoms with van der Waals surface area (Å²) in [6, 6.07) is 0. The molecule has 0 aliphatic heterocycles. The van der Waals surface area contributed by atoms with Crippen molar-refractivity contribution in [2.24, 2.45) is 16.7 Å². The highest BCUT2D eigenvalue weighted by molar-refractivity contribution is 5.92. The molecule has 0 aromatic heterocycles. The van der Waals surface area contributed by atoms with Gasteiger partial charge in [-0.2, -0.15) is 0 Å². The Morgan fingerprint density at radius 3 is 2.10 bits per heavy atom. The Morgan fingerprint density at radius 2 is 1.55 bits per heavy atom. The maximum atomic E-state index is 12.3. The van der Waals surface area contributed by atoms with Crippen molar-refractivity contribution >= 4 is 5.78 Å². The highest BCUT2D eigenvalue weighted by Gasteiger charge is 2.38. The van der Waals surface area contributed by atoms with E-state index in [9.17, 15) is 9.90 Å². The summed E-state index contributed by atoms with van der Waals surface area (Å²) in [5, 5.41) is 10.4. The van der Waals surface area contributed by atoms with Crippen molar-refractivity contribution < 1.29 is 9.90 Å². The molecule has 2 rings (SSSR count). The Morgan fingerprint density at radius 1 is 1.00 bits per heavy atom. The third kappa shape index (κ3) is 3.65. The Hall–Kier alpha value is -0.790. The molecule has 0 aromatic carbocycles. The third-order valence-electron chi connectivity index (χ3n) is 5.61. The number of carbonyl (C=O) groups excluding carboxylic acids is 1. The summed E-state index contributed by atoms with van der Waals surface area (Å²) in [6.07, 6.45) is 11.4. The highest BCUT2D eigenvalue weighted by atomic mass is 16.3. The summed E-state index contributed by atoms with van der Waals surface area (Å²) >= 11 is 0. The normalized spacial score (nSPS) is 27.2. The Labute approximate surface area is 123 Å². The van der Waals surface area contributed by atoms with Crippen LogP contribution in [0.3, 0.4) is 0 Å². The van der Waals surface area contributed by atoms with Crippen LogP contribution in [0, 0.1) is 16.7 Å². The van der Waals surface area contributed by atoms with E-state index in [1.165, 1.54) is 6.42 Å². The Bertz CT molecular complexity index is 376. The van der Waals surface area contributed by atoms with Gasteiger partial charge in [0.25, 0.3) is 0 Å². The second-order valence-corrected chi connectivity index (χ2v) is 7.99. The van der Waals surface area contributed by atoms with Crippen molar-refractivity contribution in [1.29, 1.82) is 0 Å². The largest absolute Gasteiger partial charge is 0.512 e. The molecular weight excluding hydrogens is 248 g/mol. The second kappa shape index (κ2) is 5.91. The standard InChI is InChI=1S/C18H30O2/c1-17(2)9-11-18(3,12-10-17)16(20)13-15(19)14-7-5-4-6-8-14/h13-14,20H,4-12H2,1-3H3. The van der Waals surface area contributed by atoms with Crippen LogP contribution in [0.5, 0.6) is 0 Å². The number of allylic oxidation sites excluding steroid dienone is 2. The van der Waals surface area contributed by atoms with Crippen LogP contribution in [0.4, 0.5) is 0 Å². The Kier molecular flexibility index (Phi) is 4.61. The minimum Gasteiger partial charge on any atom is -0.512 e. The lowest BCUT2D eigenvalue weighted by Gasteiger charge is -2.41. The summed E-state index contributed by atoms with van der Waals surface area (Å²) in [6.45, 7) is 6.70. The van der Waals surface area contributed by atoms with Crippen LogP contribution in [0.25, 0.3) is 0 Å². The lowest BCUT2D eigenvalue weighted by Crippen LogP contribution is -2.31. The molecule has 0 bridgehead atoms. The SMILES string of the molecule is CC1(C)CCC(C)(C(O)=CC(=O)C2CCCCC2)CC1. The number of carbonyl (C=O) groups is 1. The molecule has 0 aromatic rings. The van der Waals surface area contributed by atoms with Gasteiger partial charge >= 0.3 is 0 Å². The van der Waals surface area contributed by atoms with Gasteiger partial charge in [-0.3, -0.25) is 4.79 Å². The van der Waals surface area contributed by atoms with E-state index in [0.29, 0.717) is 11.2 Å². The van der Waals surface area contributed by atoms with Gasteiger partial charge < -0.3 is 5.11 Å². The quantitative estimate of drug-likeness (QED) is 0.570. The molecule has 2 fully saturated rings. The van der Waals surface area contributed by atoms with Gasteiger partial charge in [0.15, 0.2) is 5.78 Å². The molecule has 2 aliphatic rings. The van der Waals surface area contributed by atoms with Crippen LogP contribution in [0.2, 0.25) is 0 Å². The average Bonchev–Trinajstić information content (AvgIpc) is 2.43. The summed E-state index contributed by atoms with van der Waals surface area (Å²) < 4.78 is 0. The van der Waals surface area contributed by atoms with Gasteiger partial charge in [0.05, 0.1) is 0 Å². The van der Waals surface area contributed by atoms with Crippen LogP contribution in [-0.2, 0) is 4.79 Å². The monoisotopic (exact) mass is 278 g/mol. The molecule has 20 heavy (non-hydrogen) atoms. The number of aliphatic hydroxyl groups is 1. The van der Waals surface area contributed by atoms with Crippen molar-refractivity contribution in [3.63, 3.8) is 0 Å². The van der Waals surface area contributed by atoms with Crippen LogP contribution in [0.15, 0.2) is 11.8 Å². The molecule has 0 radical (unpaired) electrons. The van der Waals surface area contributed by atoms with E-state index in [1.807, 2.05) is 0 Å². The minimum atomic E-state index is -0.181. The van der Waals surface area contributed by atoms with Crippen molar-refractivity contribution in [3.8, 4) is 0 Å². The molecule has 2 saturated carbocycles. The van der Waals surface area contributed by atoms with Crippen LogP contribution in [0.1, 0.15) is 78.6 Å². The lowest BCUT2D eigenvalue weighted by atomic mass is 9.65. The smallest absolute Gasteiger partial charge is 0.162 e. The molecule has 2 aliphatic carbocycles. The first-order chi connectivity index (χ1) is 9.32. The molecule has 2 nitrogen and oxygen atoms in total. The molecule has 0 heterocycles. The predicted molar refractivity (Wildman–Crippen MR) is 82.6 cm³/mol. The first kappa shape index (κ1) is 15.6. The van der Waals surface area contributed by atoms with Gasteiger partial charge in [-0.25, -0.2) is 0 Å². The fourth-order valence-electron chi connectivity index (χ4n) is 3.55. The molecule has 1 N–H and O–H groups in total. The predicted octanol–water partition coefficient (Wildman–Crippen LogP) is 5.18. The van der Waals surface area contributed by atoms with E-state index in [4.69, 9.17) is 0 Å². The molecular formula is C18H30O2. The molecule has 0 amide bonds. The van der Waals surface area contributed by atoms with Gasteiger partial charge in [-0.1, -0.05) is 40.0 Å². The number of rotatable bonds is 3. The number of aliphatic hydroxyl groups excluding tert-OH is 1. The van der Waals surface area contributed by atoms with E-state index in [0.717, 1.165) is 51.4 Å². The number of hydrogen-bond donors (Lipinski definition) is 1. The van der Waals surface area contributed by atoms with E-state index in [-0.39, 0.29) is 17.1 Å². The van der Waals surface area contributed by atoms with Gasteiger partial charge in [0, 0.05) is 17.4 Å². The summed E-state index contributed by atoms with van der Waals surface area (Å²) in [7, 11) is 0. The summed E-state index contributed by atoms with van der Waals surface area (Å²) in [4.78, 5) is 12.3. The van der Waals surface area contributed by atoms with E-state index in [1.54, 1.807) is 6.08 Å². The van der Waals surface area contributed by atoms with Crippen LogP contribution in [-0.4, -0.2) is 10.9 Å². The van der Waals surface area contributed by atoms with Crippen molar-refractivity contribution in [3.05, 3.63) is 11.8 Å². The second-order valence-electron chi connectivity index (χ2n) is 7.99. The van der Waals surface area contributed by atoms with E-state index < -0.39 is 0 Å². The molecule has 2 heteroatoms. The average molecular weight is 278 g/mol. The van der Waals surface area contributed by atoms with Gasteiger partial charge in [-0.15, -0.1) is 0 Å². The maximum Gasteiger partial charge on any atom is 0.162 e. The van der Waals surface area contributed by atoms with Crippen molar-refractivity contribution in [2.75, 3.05) is 0 Å². The fourth-order valence-corrected chi connectivity index (χ4v) is 3.55. The highest BCUT2D eigenvalue weighted by Crippen LogP contribution is 2.48. The van der Waals surface area contributed by atoms with Gasteiger partial charge in [0.2, 0.25) is 0 Å². The zero-order valence-electron chi connectivity index (χ0n) is 13.4. The minimum absolute atomic E-state index is 0.160. The third-order valence-corrected chi connectivity index (χ3v) is 5.61. The first-order valence-corrected chi connectivity index (χ1v) is 8.27. The van der Waals surface area contributed by atoms with Crippen molar-refractivity contribution in [1.82, 2.24) is 0 Å². The van der Waals surface area contributed by atoms with Gasteiger partial charge in [0.1, 0.15) is 5.76 Å². The molecule has 0 saturated heterocycles. The van der Waals surface area contributed by atoms with Gasteiger partial charge in [-0.05, 0) is 43.9 Å². The summed E-state index contributed by atoms with van der Waals surface area (Å²) in [5.74, 6) is 0.659. The van der Waals surface area contributed by atoms with Crippen molar-refractivity contribution in [2.45, 2.75) is 78.6 Å². The van der Waals surface area contributed by atoms with E-state index in [2.05, 4.69) is 20.8 Å². The molecule has 0 spiro atoms. The zero-order valence-corrected chi connectivity index (χ0v) is 13.4. The number of ketones is 1. The molecule has 0 unspecified atom stereocenters. The molecule has 114 valence electrons. The number of hydrogen-bond acceptors (Lipinski definition) is 2. The molecule has 0 atom stereocenters. The zero-order chi connectivity index (χ0) is 14.8. The topological polar surface area (TPSA) is 37.3 Å². The first-order valence-electron chi connectivity index (χ1n) is 8.27. The fraction of sp³-hybridized carbons (Fsp3) is 0.833. The maximum absolute atomic E-state index is 12.3. The lowest BCUT2D eigenvalue weighted by molar-refractivity contribution is -0.119. The van der Waals surface area contributed by atoms with Crippen LogP contribution >= 0.6 is 0 Å². The van der Waals surface area contributed by atoms with E-state index >= 15 is 0 Å². The summed E-state index contributed by atoms with van der Waals surface area (Å²) in [5.41, 5.74) is 0.201.